The Labute approximate surface area is 160 Å². The standard InChI is InChI=1S/C22H27FN2O2/c1-22(2,3)16-20(26)24-14-7-15-25(19-12-10-18(23)11-13-19)21(27)17-8-5-4-6-9-17/h4-6,8-13H,7,14-16H2,1-3H3,(H,24,26). The van der Waals surface area contributed by atoms with E-state index in [0.29, 0.717) is 37.2 Å². The van der Waals surface area contributed by atoms with Gasteiger partial charge in [-0.05, 0) is 48.2 Å². The van der Waals surface area contributed by atoms with Gasteiger partial charge in [-0.2, -0.15) is 0 Å². The van der Waals surface area contributed by atoms with Crippen LogP contribution < -0.4 is 10.2 Å². The van der Waals surface area contributed by atoms with E-state index < -0.39 is 0 Å². The number of anilines is 1. The van der Waals surface area contributed by atoms with E-state index in [0.717, 1.165) is 0 Å². The number of carbonyl (C=O) groups excluding carboxylic acids is 2. The van der Waals surface area contributed by atoms with E-state index in [2.05, 4.69) is 5.32 Å². The van der Waals surface area contributed by atoms with Gasteiger partial charge in [0.05, 0.1) is 0 Å². The van der Waals surface area contributed by atoms with Crippen LogP contribution in [0.3, 0.4) is 0 Å². The fourth-order valence-corrected chi connectivity index (χ4v) is 2.71. The van der Waals surface area contributed by atoms with Gasteiger partial charge < -0.3 is 10.2 Å². The number of hydrogen-bond acceptors (Lipinski definition) is 2. The van der Waals surface area contributed by atoms with Gasteiger partial charge in [-0.3, -0.25) is 9.59 Å². The van der Waals surface area contributed by atoms with Crippen molar-refractivity contribution in [1.82, 2.24) is 5.32 Å². The molecule has 2 aromatic carbocycles. The number of nitrogens with zero attached hydrogens (tertiary/aromatic N) is 1. The molecule has 0 bridgehead atoms. The van der Waals surface area contributed by atoms with Crippen LogP contribution in [0.15, 0.2) is 54.6 Å². The minimum Gasteiger partial charge on any atom is -0.356 e. The van der Waals surface area contributed by atoms with Gasteiger partial charge in [-0.15, -0.1) is 0 Å². The normalized spacial score (nSPS) is 11.1. The smallest absolute Gasteiger partial charge is 0.258 e. The molecule has 1 N–H and O–H groups in total. The third kappa shape index (κ3) is 6.85. The average molecular weight is 370 g/mol. The van der Waals surface area contributed by atoms with Crippen LogP contribution in [0, 0.1) is 11.2 Å². The molecule has 0 atom stereocenters. The summed E-state index contributed by atoms with van der Waals surface area (Å²) in [5.41, 5.74) is 1.14. The van der Waals surface area contributed by atoms with Crippen LogP contribution in [-0.2, 0) is 4.79 Å². The fraction of sp³-hybridized carbons (Fsp3) is 0.364. The maximum absolute atomic E-state index is 13.3. The van der Waals surface area contributed by atoms with Crippen molar-refractivity contribution in [3.63, 3.8) is 0 Å². The molecule has 2 aromatic rings. The van der Waals surface area contributed by atoms with Gasteiger partial charge in [0.2, 0.25) is 5.91 Å². The maximum atomic E-state index is 13.3. The van der Waals surface area contributed by atoms with Crippen LogP contribution in [0.5, 0.6) is 0 Å². The summed E-state index contributed by atoms with van der Waals surface area (Å²) in [5.74, 6) is -0.492. The second kappa shape index (κ2) is 9.31. The van der Waals surface area contributed by atoms with Gasteiger partial charge in [0, 0.05) is 30.8 Å². The number of nitrogens with one attached hydrogen (secondary N) is 1. The largest absolute Gasteiger partial charge is 0.356 e. The Bertz CT molecular complexity index is 752. The molecular formula is C22H27FN2O2. The molecule has 2 rings (SSSR count). The van der Waals surface area contributed by atoms with Crippen molar-refractivity contribution in [3.8, 4) is 0 Å². The number of rotatable bonds is 7. The molecule has 5 heteroatoms. The molecule has 0 saturated carbocycles. The van der Waals surface area contributed by atoms with E-state index in [1.165, 1.54) is 12.1 Å². The second-order valence-electron chi connectivity index (χ2n) is 7.74. The lowest BCUT2D eigenvalue weighted by Gasteiger charge is -2.23. The van der Waals surface area contributed by atoms with Crippen molar-refractivity contribution in [2.24, 2.45) is 5.41 Å². The number of amides is 2. The number of halogens is 1. The van der Waals surface area contributed by atoms with Crippen molar-refractivity contribution >= 4 is 17.5 Å². The number of benzene rings is 2. The number of hydrogen-bond donors (Lipinski definition) is 1. The molecule has 0 radical (unpaired) electrons. The molecule has 27 heavy (non-hydrogen) atoms. The predicted octanol–water partition coefficient (Wildman–Crippen LogP) is 4.42. The Hall–Kier alpha value is -2.69. The molecule has 2 amide bonds. The van der Waals surface area contributed by atoms with Crippen LogP contribution in [0.4, 0.5) is 10.1 Å². The Morgan fingerprint density at radius 3 is 2.22 bits per heavy atom. The predicted molar refractivity (Wildman–Crippen MR) is 106 cm³/mol. The SMILES string of the molecule is CC(C)(C)CC(=O)NCCCN(C(=O)c1ccccc1)c1ccc(F)cc1. The van der Waals surface area contributed by atoms with Crippen molar-refractivity contribution in [1.29, 1.82) is 0 Å². The van der Waals surface area contributed by atoms with Crippen LogP contribution in [0.1, 0.15) is 44.0 Å². The van der Waals surface area contributed by atoms with Gasteiger partial charge >= 0.3 is 0 Å². The van der Waals surface area contributed by atoms with E-state index in [9.17, 15) is 14.0 Å². The van der Waals surface area contributed by atoms with Crippen molar-refractivity contribution in [3.05, 3.63) is 66.0 Å². The first-order valence-corrected chi connectivity index (χ1v) is 9.15. The minimum absolute atomic E-state index is 0.00483. The van der Waals surface area contributed by atoms with Crippen molar-refractivity contribution in [2.45, 2.75) is 33.6 Å². The highest BCUT2D eigenvalue weighted by Gasteiger charge is 2.18. The van der Waals surface area contributed by atoms with E-state index in [1.807, 2.05) is 39.0 Å². The first-order chi connectivity index (χ1) is 12.8. The monoisotopic (exact) mass is 370 g/mol. The number of carbonyl (C=O) groups is 2. The Balaban J connectivity index is 2.02. The molecule has 0 aromatic heterocycles. The van der Waals surface area contributed by atoms with Crippen molar-refractivity contribution < 1.29 is 14.0 Å². The molecule has 0 aliphatic rings. The van der Waals surface area contributed by atoms with E-state index in [-0.39, 0.29) is 23.0 Å². The highest BCUT2D eigenvalue weighted by atomic mass is 19.1. The summed E-state index contributed by atoms with van der Waals surface area (Å²) in [6.45, 7) is 6.95. The lowest BCUT2D eigenvalue weighted by atomic mass is 9.92. The molecule has 0 saturated heterocycles. The second-order valence-corrected chi connectivity index (χ2v) is 7.74. The summed E-state index contributed by atoms with van der Waals surface area (Å²) in [5, 5.41) is 2.90. The fourth-order valence-electron chi connectivity index (χ4n) is 2.71. The zero-order chi connectivity index (χ0) is 19.9. The zero-order valence-corrected chi connectivity index (χ0v) is 16.2. The van der Waals surface area contributed by atoms with Gasteiger partial charge in [0.25, 0.3) is 5.91 Å². The summed E-state index contributed by atoms with van der Waals surface area (Å²) in [6.07, 6.45) is 1.06. The average Bonchev–Trinajstić information content (AvgIpc) is 2.61. The minimum atomic E-state index is -0.347. The van der Waals surface area contributed by atoms with Crippen LogP contribution >= 0.6 is 0 Å². The van der Waals surface area contributed by atoms with E-state index in [1.54, 1.807) is 29.2 Å². The third-order valence-corrected chi connectivity index (χ3v) is 3.98. The van der Waals surface area contributed by atoms with E-state index in [4.69, 9.17) is 0 Å². The molecule has 0 unspecified atom stereocenters. The topological polar surface area (TPSA) is 49.4 Å². The first-order valence-electron chi connectivity index (χ1n) is 9.15. The van der Waals surface area contributed by atoms with Crippen LogP contribution in [-0.4, -0.2) is 24.9 Å². The third-order valence-electron chi connectivity index (χ3n) is 3.98. The molecule has 0 spiro atoms. The maximum Gasteiger partial charge on any atom is 0.258 e. The highest BCUT2D eigenvalue weighted by Crippen LogP contribution is 2.19. The van der Waals surface area contributed by atoms with Crippen molar-refractivity contribution in [2.75, 3.05) is 18.0 Å². The molecule has 0 aliphatic carbocycles. The molecule has 144 valence electrons. The first kappa shape index (κ1) is 20.6. The molecule has 0 aliphatic heterocycles. The Morgan fingerprint density at radius 2 is 1.63 bits per heavy atom. The molecular weight excluding hydrogens is 343 g/mol. The summed E-state index contributed by atoms with van der Waals surface area (Å²) >= 11 is 0. The Morgan fingerprint density at radius 1 is 1.00 bits per heavy atom. The Kier molecular flexibility index (Phi) is 7.11. The van der Waals surface area contributed by atoms with Gasteiger partial charge in [0.1, 0.15) is 5.82 Å². The van der Waals surface area contributed by atoms with E-state index >= 15 is 0 Å². The summed E-state index contributed by atoms with van der Waals surface area (Å²) in [7, 11) is 0. The van der Waals surface area contributed by atoms with Gasteiger partial charge in [0.15, 0.2) is 0 Å². The molecule has 4 nitrogen and oxygen atoms in total. The summed E-state index contributed by atoms with van der Waals surface area (Å²) in [6, 6.07) is 14.8. The molecule has 0 heterocycles. The highest BCUT2D eigenvalue weighted by molar-refractivity contribution is 6.06. The lowest BCUT2D eigenvalue weighted by Crippen LogP contribution is -2.35. The molecule has 0 fully saturated rings. The van der Waals surface area contributed by atoms with Crippen LogP contribution in [0.25, 0.3) is 0 Å². The quantitative estimate of drug-likeness (QED) is 0.734. The summed E-state index contributed by atoms with van der Waals surface area (Å²) in [4.78, 5) is 26.4. The zero-order valence-electron chi connectivity index (χ0n) is 16.2. The summed E-state index contributed by atoms with van der Waals surface area (Å²) < 4.78 is 13.3. The lowest BCUT2D eigenvalue weighted by molar-refractivity contribution is -0.122. The van der Waals surface area contributed by atoms with Gasteiger partial charge in [-0.1, -0.05) is 39.0 Å². The van der Waals surface area contributed by atoms with Crippen LogP contribution in [0.2, 0.25) is 0 Å². The van der Waals surface area contributed by atoms with Gasteiger partial charge in [-0.25, -0.2) is 4.39 Å².